The van der Waals surface area contributed by atoms with Crippen LogP contribution in [0.5, 0.6) is 0 Å². The first-order valence-electron chi connectivity index (χ1n) is 9.11. The Morgan fingerprint density at radius 2 is 1.92 bits per heavy atom. The van der Waals surface area contributed by atoms with Crippen molar-refractivity contribution in [1.82, 2.24) is 4.72 Å². The van der Waals surface area contributed by atoms with Gasteiger partial charge in [0.15, 0.2) is 0 Å². The third kappa shape index (κ3) is 4.45. The molecule has 1 aliphatic heterocycles. The molecule has 0 amide bonds. The van der Waals surface area contributed by atoms with Crippen LogP contribution in [0.4, 0.5) is 0 Å². The average Bonchev–Trinajstić information content (AvgIpc) is 3.14. The summed E-state index contributed by atoms with van der Waals surface area (Å²) in [7, 11) is -2.91. The molecule has 142 valence electrons. The van der Waals surface area contributed by atoms with E-state index in [0.29, 0.717) is 25.0 Å². The number of hydrogen-bond acceptors (Lipinski definition) is 4. The van der Waals surface area contributed by atoms with E-state index in [-0.39, 0.29) is 10.8 Å². The lowest BCUT2D eigenvalue weighted by molar-refractivity contribution is 0.0145. The number of rotatable bonds is 4. The molecule has 2 fully saturated rings. The second-order valence-electron chi connectivity index (χ2n) is 9.55. The summed E-state index contributed by atoms with van der Waals surface area (Å²) in [6, 6.07) is 0. The van der Waals surface area contributed by atoms with Gasteiger partial charge in [0.25, 0.3) is 0 Å². The zero-order valence-corrected chi connectivity index (χ0v) is 17.1. The molecule has 3 unspecified atom stereocenters. The molecule has 3 atom stereocenters. The molecule has 0 radical (unpaired) electrons. The Labute approximate surface area is 153 Å². The molecule has 0 bridgehead atoms. The van der Waals surface area contributed by atoms with E-state index in [9.17, 15) is 9.32 Å². The van der Waals surface area contributed by atoms with Crippen LogP contribution in [0.15, 0.2) is 16.5 Å². The van der Waals surface area contributed by atoms with E-state index in [1.54, 1.807) is 6.19 Å². The van der Waals surface area contributed by atoms with Crippen molar-refractivity contribution in [3.63, 3.8) is 0 Å². The number of nitriles is 1. The number of nitrogens with one attached hydrogen (secondary N) is 1. The van der Waals surface area contributed by atoms with Crippen molar-refractivity contribution >= 4 is 9.92 Å². The van der Waals surface area contributed by atoms with Crippen molar-refractivity contribution in [3.05, 3.63) is 12.2 Å². The van der Waals surface area contributed by atoms with Crippen molar-refractivity contribution in [2.75, 3.05) is 5.75 Å². The summed E-state index contributed by atoms with van der Waals surface area (Å²) >= 11 is 0. The summed E-state index contributed by atoms with van der Waals surface area (Å²) in [5, 5.41) is 20.0. The number of hydrogen-bond donors (Lipinski definition) is 2. The first-order chi connectivity index (χ1) is 11.3. The zero-order chi connectivity index (χ0) is 19.1. The van der Waals surface area contributed by atoms with Crippen LogP contribution in [0, 0.1) is 22.3 Å². The zero-order valence-electron chi connectivity index (χ0n) is 16.3. The molecule has 5 nitrogen and oxygen atoms in total. The van der Waals surface area contributed by atoms with E-state index in [0.717, 1.165) is 19.3 Å². The van der Waals surface area contributed by atoms with Crippen molar-refractivity contribution in [2.45, 2.75) is 84.3 Å². The lowest BCUT2D eigenvalue weighted by Gasteiger charge is -2.49. The molecule has 0 aromatic rings. The van der Waals surface area contributed by atoms with Crippen LogP contribution in [0.1, 0.15) is 73.1 Å². The van der Waals surface area contributed by atoms with E-state index in [1.807, 2.05) is 6.92 Å². The van der Waals surface area contributed by atoms with Crippen LogP contribution in [-0.2, 0) is 9.92 Å². The Morgan fingerprint density at radius 3 is 2.40 bits per heavy atom. The minimum absolute atomic E-state index is 0.0654. The number of aliphatic hydroxyl groups is 1. The van der Waals surface area contributed by atoms with Gasteiger partial charge in [-0.15, -0.1) is 4.36 Å². The molecule has 1 heterocycles. The van der Waals surface area contributed by atoms with Gasteiger partial charge in [0.2, 0.25) is 6.19 Å². The summed E-state index contributed by atoms with van der Waals surface area (Å²) in [5.74, 6) is 0.299. The highest BCUT2D eigenvalue weighted by molar-refractivity contribution is 7.91. The third-order valence-corrected chi connectivity index (χ3v) is 8.09. The fourth-order valence-corrected chi connectivity index (χ4v) is 7.42. The Hall–Kier alpha value is -0.900. The van der Waals surface area contributed by atoms with Crippen LogP contribution in [-0.4, -0.2) is 26.2 Å². The number of nitrogens with zero attached hydrogens (tertiary/aromatic N) is 2. The van der Waals surface area contributed by atoms with Crippen LogP contribution in [0.25, 0.3) is 0 Å². The van der Waals surface area contributed by atoms with Crippen LogP contribution in [0.3, 0.4) is 0 Å². The molecule has 0 aromatic heterocycles. The second kappa shape index (κ2) is 6.37. The van der Waals surface area contributed by atoms with Gasteiger partial charge in [-0.25, -0.2) is 8.93 Å². The molecule has 2 aliphatic rings. The van der Waals surface area contributed by atoms with Gasteiger partial charge in [0.05, 0.1) is 16.9 Å². The fourth-order valence-electron chi connectivity index (χ4n) is 4.98. The summed E-state index contributed by atoms with van der Waals surface area (Å²) in [5.41, 5.74) is -0.711. The van der Waals surface area contributed by atoms with E-state index in [2.05, 4.69) is 43.4 Å². The normalized spacial score (nSPS) is 39.6. The smallest absolute Gasteiger partial charge is 0.215 e. The molecular formula is C19H33N3O2S. The molecule has 25 heavy (non-hydrogen) atoms. The predicted octanol–water partition coefficient (Wildman–Crippen LogP) is 3.91. The van der Waals surface area contributed by atoms with E-state index in [1.165, 1.54) is 5.57 Å². The highest BCUT2D eigenvalue weighted by Crippen LogP contribution is 2.54. The summed E-state index contributed by atoms with van der Waals surface area (Å²) < 4.78 is 20.3. The van der Waals surface area contributed by atoms with Gasteiger partial charge in [0.1, 0.15) is 9.92 Å². The third-order valence-electron chi connectivity index (χ3n) is 5.77. The summed E-state index contributed by atoms with van der Waals surface area (Å²) in [6.45, 7) is 14.7. The van der Waals surface area contributed by atoms with Crippen molar-refractivity contribution < 1.29 is 9.32 Å². The Bertz CT molecular complexity index is 711. The van der Waals surface area contributed by atoms with Gasteiger partial charge < -0.3 is 5.11 Å². The molecule has 1 saturated carbocycles. The molecule has 0 spiro atoms. The maximum absolute atomic E-state index is 13.3. The lowest BCUT2D eigenvalue weighted by Crippen LogP contribution is -2.61. The Morgan fingerprint density at radius 1 is 1.32 bits per heavy atom. The lowest BCUT2D eigenvalue weighted by atomic mass is 9.64. The summed E-state index contributed by atoms with van der Waals surface area (Å²) in [4.78, 5) is 0. The molecule has 6 heteroatoms. The summed E-state index contributed by atoms with van der Waals surface area (Å²) in [6.07, 6.45) is 6.45. The van der Waals surface area contributed by atoms with Crippen molar-refractivity contribution in [1.29, 1.82) is 5.26 Å². The van der Waals surface area contributed by atoms with Crippen molar-refractivity contribution in [3.8, 4) is 6.19 Å². The first-order valence-corrected chi connectivity index (χ1v) is 10.8. The van der Waals surface area contributed by atoms with Gasteiger partial charge in [-0.05, 0) is 56.3 Å². The largest absolute Gasteiger partial charge is 0.388 e. The van der Waals surface area contributed by atoms with Crippen LogP contribution >= 0.6 is 0 Å². The quantitative estimate of drug-likeness (QED) is 0.583. The molecule has 1 saturated heterocycles. The van der Waals surface area contributed by atoms with Gasteiger partial charge in [-0.1, -0.05) is 39.8 Å². The van der Waals surface area contributed by atoms with E-state index < -0.39 is 21.1 Å². The van der Waals surface area contributed by atoms with Gasteiger partial charge in [0, 0.05) is 0 Å². The van der Waals surface area contributed by atoms with Crippen LogP contribution < -0.4 is 4.72 Å². The maximum Gasteiger partial charge on any atom is 0.215 e. The minimum atomic E-state index is -2.91. The topological polar surface area (TPSA) is 85.5 Å². The standard InChI is InChI=1S/C19H33N3O2S/c1-7-15(2)10-17(5)11-16(3,4)13-25(24,21-14-20)22-18(6,12-17)19(23)8-9-19/h23H,2,7-13H2,1,3-6H3,(H,21,22,24). The predicted molar refractivity (Wildman–Crippen MR) is 102 cm³/mol. The van der Waals surface area contributed by atoms with E-state index in [4.69, 9.17) is 5.26 Å². The fraction of sp³-hybridized carbons (Fsp3) is 0.842. The van der Waals surface area contributed by atoms with Crippen molar-refractivity contribution in [2.24, 2.45) is 15.2 Å². The first kappa shape index (κ1) is 20.4. The molecule has 2 rings (SSSR count). The average molecular weight is 368 g/mol. The Balaban J connectivity index is 2.50. The van der Waals surface area contributed by atoms with Gasteiger partial charge >= 0.3 is 0 Å². The SMILES string of the molecule is C=C(CC)CC1(C)CC(C)(C)CS(=O)(=NC#N)NC(C)(C2(O)CC2)C1. The highest BCUT2D eigenvalue weighted by atomic mass is 32.2. The maximum atomic E-state index is 13.3. The minimum Gasteiger partial charge on any atom is -0.388 e. The molecule has 0 aromatic carbocycles. The van der Waals surface area contributed by atoms with Crippen LogP contribution in [0.2, 0.25) is 0 Å². The second-order valence-corrected chi connectivity index (χ2v) is 11.5. The van der Waals surface area contributed by atoms with Gasteiger partial charge in [-0.3, -0.25) is 0 Å². The van der Waals surface area contributed by atoms with Gasteiger partial charge in [-0.2, -0.15) is 5.26 Å². The molecule has 2 N–H and O–H groups in total. The molecular weight excluding hydrogens is 334 g/mol. The Kier molecular flexibility index (Phi) is 5.20. The monoisotopic (exact) mass is 367 g/mol. The number of allylic oxidation sites excluding steroid dienone is 1. The van der Waals surface area contributed by atoms with E-state index >= 15 is 0 Å². The molecule has 1 aliphatic carbocycles. The highest BCUT2D eigenvalue weighted by Gasteiger charge is 2.60.